The molecular formula is C23H30N2O. The molecule has 3 heteroatoms. The van der Waals surface area contributed by atoms with Crippen LogP contribution < -0.4 is 4.90 Å². The van der Waals surface area contributed by atoms with Crippen molar-refractivity contribution in [1.29, 1.82) is 0 Å². The lowest BCUT2D eigenvalue weighted by Crippen LogP contribution is -2.56. The van der Waals surface area contributed by atoms with E-state index in [4.69, 9.17) is 0 Å². The molecule has 3 nitrogen and oxygen atoms in total. The highest BCUT2D eigenvalue weighted by atomic mass is 16.3. The lowest BCUT2D eigenvalue weighted by molar-refractivity contribution is -0.0999. The molecule has 0 radical (unpaired) electrons. The highest BCUT2D eigenvalue weighted by Crippen LogP contribution is 2.45. The van der Waals surface area contributed by atoms with Gasteiger partial charge in [0.2, 0.25) is 0 Å². The van der Waals surface area contributed by atoms with Crippen LogP contribution in [0.3, 0.4) is 0 Å². The lowest BCUT2D eigenvalue weighted by Gasteiger charge is -2.52. The largest absolute Gasteiger partial charge is 0.385 e. The van der Waals surface area contributed by atoms with Crippen LogP contribution in [0, 0.1) is 0 Å². The van der Waals surface area contributed by atoms with E-state index in [1.807, 2.05) is 0 Å². The van der Waals surface area contributed by atoms with E-state index in [0.29, 0.717) is 12.1 Å². The molecule has 2 unspecified atom stereocenters. The molecule has 1 N–H and O–H groups in total. The third kappa shape index (κ3) is 3.38. The Labute approximate surface area is 157 Å². The van der Waals surface area contributed by atoms with Gasteiger partial charge in [-0.1, -0.05) is 48.9 Å². The molecule has 138 valence electrons. The van der Waals surface area contributed by atoms with E-state index < -0.39 is 5.60 Å². The van der Waals surface area contributed by atoms with Crippen molar-refractivity contribution in [3.8, 4) is 0 Å². The minimum atomic E-state index is -0.687. The predicted molar refractivity (Wildman–Crippen MR) is 107 cm³/mol. The number of rotatable bonds is 4. The van der Waals surface area contributed by atoms with Gasteiger partial charge in [0.05, 0.1) is 5.60 Å². The third-order valence-electron chi connectivity index (χ3n) is 6.29. The van der Waals surface area contributed by atoms with Crippen molar-refractivity contribution >= 4 is 5.69 Å². The number of aliphatic hydroxyl groups is 1. The summed E-state index contributed by atoms with van der Waals surface area (Å²) < 4.78 is 0. The van der Waals surface area contributed by atoms with Gasteiger partial charge in [-0.3, -0.25) is 4.90 Å². The number of anilines is 1. The van der Waals surface area contributed by atoms with Gasteiger partial charge in [-0.2, -0.15) is 0 Å². The number of piperidine rings is 2. The average Bonchev–Trinajstić information content (AvgIpc) is 2.64. The molecule has 2 aromatic carbocycles. The quantitative estimate of drug-likeness (QED) is 0.897. The molecule has 0 aromatic heterocycles. The van der Waals surface area contributed by atoms with Crippen LogP contribution in [-0.4, -0.2) is 36.2 Å². The van der Waals surface area contributed by atoms with E-state index >= 15 is 0 Å². The van der Waals surface area contributed by atoms with Crippen molar-refractivity contribution in [1.82, 2.24) is 4.90 Å². The van der Waals surface area contributed by atoms with Gasteiger partial charge in [0.25, 0.3) is 0 Å². The van der Waals surface area contributed by atoms with Crippen molar-refractivity contribution < 1.29 is 5.11 Å². The Balaban J connectivity index is 1.55. The van der Waals surface area contributed by atoms with Crippen molar-refractivity contribution in [2.24, 2.45) is 0 Å². The first kappa shape index (κ1) is 17.6. The monoisotopic (exact) mass is 350 g/mol. The van der Waals surface area contributed by atoms with Crippen LogP contribution >= 0.6 is 0 Å². The van der Waals surface area contributed by atoms with E-state index in [1.165, 1.54) is 30.5 Å². The number of hydrogen-bond acceptors (Lipinski definition) is 3. The maximum Gasteiger partial charge on any atom is 0.0926 e. The van der Waals surface area contributed by atoms with Crippen LogP contribution in [0.1, 0.15) is 43.2 Å². The molecule has 2 bridgehead atoms. The molecule has 2 atom stereocenters. The fourth-order valence-corrected chi connectivity index (χ4v) is 4.88. The van der Waals surface area contributed by atoms with Crippen LogP contribution in [0.15, 0.2) is 54.6 Å². The minimum Gasteiger partial charge on any atom is -0.385 e. The summed E-state index contributed by atoms with van der Waals surface area (Å²) in [4.78, 5) is 4.76. The van der Waals surface area contributed by atoms with Crippen LogP contribution in [0.25, 0.3) is 0 Å². The van der Waals surface area contributed by atoms with E-state index in [2.05, 4.69) is 78.5 Å². The first-order valence-corrected chi connectivity index (χ1v) is 9.85. The van der Waals surface area contributed by atoms with E-state index in [9.17, 15) is 5.11 Å². The Morgan fingerprint density at radius 2 is 1.58 bits per heavy atom. The summed E-state index contributed by atoms with van der Waals surface area (Å²) in [6.07, 6.45) is 5.37. The zero-order valence-corrected chi connectivity index (χ0v) is 15.9. The number of hydrogen-bond donors (Lipinski definition) is 1. The molecule has 2 fully saturated rings. The number of fused-ring (bicyclic) bond motifs is 2. The Morgan fingerprint density at radius 1 is 0.962 bits per heavy atom. The minimum absolute atomic E-state index is 0.473. The molecule has 2 aliphatic heterocycles. The highest BCUT2D eigenvalue weighted by molar-refractivity contribution is 5.47. The molecule has 0 saturated carbocycles. The molecular weight excluding hydrogens is 320 g/mol. The second-order valence-electron chi connectivity index (χ2n) is 8.28. The molecule has 2 heterocycles. The zero-order valence-electron chi connectivity index (χ0n) is 15.9. The summed E-state index contributed by atoms with van der Waals surface area (Å²) in [7, 11) is 4.10. The summed E-state index contributed by atoms with van der Waals surface area (Å²) in [5.74, 6) is 0. The maximum atomic E-state index is 11.5. The molecule has 4 rings (SSSR count). The van der Waals surface area contributed by atoms with Crippen LogP contribution in [0.5, 0.6) is 0 Å². The number of benzene rings is 2. The Kier molecular flexibility index (Phi) is 4.76. The first-order valence-electron chi connectivity index (χ1n) is 9.85. The Morgan fingerprint density at radius 3 is 2.15 bits per heavy atom. The van der Waals surface area contributed by atoms with Crippen LogP contribution in [0.4, 0.5) is 5.69 Å². The van der Waals surface area contributed by atoms with Crippen molar-refractivity contribution in [2.75, 3.05) is 19.0 Å². The Bertz CT molecular complexity index is 712. The topological polar surface area (TPSA) is 26.7 Å². The highest BCUT2D eigenvalue weighted by Gasteiger charge is 2.46. The van der Waals surface area contributed by atoms with Gasteiger partial charge in [-0.25, -0.2) is 0 Å². The molecule has 0 aliphatic carbocycles. The standard InChI is InChI=1S/C23H30N2O/c1-24(2)20-13-11-19(12-14-20)23(26)15-21-9-6-10-22(16-23)25(21)17-18-7-4-3-5-8-18/h3-5,7-8,11-14,21-22,26H,6,9-10,15-17H2,1-2H3. The molecule has 2 aromatic rings. The molecule has 26 heavy (non-hydrogen) atoms. The average molecular weight is 351 g/mol. The van der Waals surface area contributed by atoms with Crippen molar-refractivity contribution in [3.63, 3.8) is 0 Å². The fourth-order valence-electron chi connectivity index (χ4n) is 4.88. The van der Waals surface area contributed by atoms with Crippen LogP contribution in [-0.2, 0) is 12.1 Å². The Hall–Kier alpha value is -1.84. The van der Waals surface area contributed by atoms with E-state index in [1.54, 1.807) is 0 Å². The smallest absolute Gasteiger partial charge is 0.0926 e. The third-order valence-corrected chi connectivity index (χ3v) is 6.29. The van der Waals surface area contributed by atoms with Crippen molar-refractivity contribution in [2.45, 2.75) is 56.3 Å². The van der Waals surface area contributed by atoms with E-state index in [0.717, 1.165) is 24.9 Å². The van der Waals surface area contributed by atoms with E-state index in [-0.39, 0.29) is 0 Å². The van der Waals surface area contributed by atoms with Gasteiger partial charge < -0.3 is 10.0 Å². The normalized spacial score (nSPS) is 28.7. The second kappa shape index (κ2) is 7.05. The summed E-state index contributed by atoms with van der Waals surface area (Å²) in [6.45, 7) is 1.01. The predicted octanol–water partition coefficient (Wildman–Crippen LogP) is 4.16. The van der Waals surface area contributed by atoms with Gasteiger partial charge in [-0.05, 0) is 48.9 Å². The fraction of sp³-hybridized carbons (Fsp3) is 0.478. The molecule has 0 spiro atoms. The molecule has 0 amide bonds. The second-order valence-corrected chi connectivity index (χ2v) is 8.28. The van der Waals surface area contributed by atoms with Gasteiger partial charge in [0.1, 0.15) is 0 Å². The molecule has 2 aliphatic rings. The van der Waals surface area contributed by atoms with Gasteiger partial charge in [0.15, 0.2) is 0 Å². The summed E-state index contributed by atoms with van der Waals surface area (Å²) in [5, 5.41) is 11.5. The molecule has 2 saturated heterocycles. The van der Waals surface area contributed by atoms with Gasteiger partial charge >= 0.3 is 0 Å². The SMILES string of the molecule is CN(C)c1ccc(C2(O)CC3CCCC(C2)N3Cc2ccccc2)cc1. The summed E-state index contributed by atoms with van der Waals surface area (Å²) >= 11 is 0. The summed E-state index contributed by atoms with van der Waals surface area (Å²) in [5.41, 5.74) is 2.96. The maximum absolute atomic E-state index is 11.5. The summed E-state index contributed by atoms with van der Waals surface area (Å²) in [6, 6.07) is 20.2. The van der Waals surface area contributed by atoms with Gasteiger partial charge in [-0.15, -0.1) is 0 Å². The lowest BCUT2D eigenvalue weighted by atomic mass is 9.72. The zero-order chi connectivity index (χ0) is 18.1. The first-order chi connectivity index (χ1) is 12.5. The van der Waals surface area contributed by atoms with Crippen LogP contribution in [0.2, 0.25) is 0 Å². The van der Waals surface area contributed by atoms with Crippen molar-refractivity contribution in [3.05, 3.63) is 65.7 Å². The van der Waals surface area contributed by atoms with Gasteiger partial charge in [0, 0.05) is 38.4 Å². The number of nitrogens with zero attached hydrogens (tertiary/aromatic N) is 2.